The number of alkyl halides is 3. The number of ketones is 2. The van der Waals surface area contributed by atoms with Gasteiger partial charge in [-0.25, -0.2) is 0 Å². The fourth-order valence-electron chi connectivity index (χ4n) is 6.18. The number of anilines is 4. The quantitative estimate of drug-likeness (QED) is 0.0314. The van der Waals surface area contributed by atoms with Crippen molar-refractivity contribution in [3.8, 4) is 11.5 Å². The van der Waals surface area contributed by atoms with Crippen molar-refractivity contribution in [1.29, 1.82) is 0 Å². The minimum absolute atomic E-state index is 0.0123. The molecular formula is C47H43Cl5N8O8. The molecule has 2 unspecified atom stereocenters. The first-order valence-corrected chi connectivity index (χ1v) is 22.9. The van der Waals surface area contributed by atoms with Crippen molar-refractivity contribution in [3.05, 3.63) is 129 Å². The van der Waals surface area contributed by atoms with Crippen molar-refractivity contribution in [2.45, 2.75) is 57.4 Å². The van der Waals surface area contributed by atoms with Gasteiger partial charge in [0.2, 0.25) is 12.1 Å². The van der Waals surface area contributed by atoms with Crippen molar-refractivity contribution in [1.82, 2.24) is 0 Å². The van der Waals surface area contributed by atoms with Gasteiger partial charge in [0, 0.05) is 50.9 Å². The standard InChI is InChI=1S/C47H43Cl5N8O8/c1-5-67-40-15-10-33(18-30(40)23-49)53-44(63)27-7-12-35(51)38(20-27)57-59-42(25(3)61)46(65)55-32-9-14-37(29(17-32)22-48)56-47(66)43(26(4)62)60-58-39-21-28(8-13-36(39)52)45(64)54-34-11-16-41(68-6-2)31(19-34)24-50/h7-21,42-43H,5-6,22-24H2,1-4H3,(H,53,63)(H,54,64)(H,55,65)(H,56,66). The molecule has 354 valence electrons. The maximum absolute atomic E-state index is 13.4. The highest BCUT2D eigenvalue weighted by Crippen LogP contribution is 2.31. The largest absolute Gasteiger partial charge is 0.494 e. The van der Waals surface area contributed by atoms with Crippen LogP contribution < -0.4 is 30.7 Å². The van der Waals surface area contributed by atoms with Crippen molar-refractivity contribution in [2.24, 2.45) is 20.5 Å². The molecule has 5 rings (SSSR count). The zero-order valence-corrected chi connectivity index (χ0v) is 40.6. The van der Waals surface area contributed by atoms with Gasteiger partial charge in [0.1, 0.15) is 22.9 Å². The summed E-state index contributed by atoms with van der Waals surface area (Å²) >= 11 is 31.1. The summed E-state index contributed by atoms with van der Waals surface area (Å²) < 4.78 is 11.1. The molecule has 4 amide bonds. The lowest BCUT2D eigenvalue weighted by molar-refractivity contribution is -0.127. The summed E-state index contributed by atoms with van der Waals surface area (Å²) in [6.07, 6.45) is 0. The molecule has 16 nitrogen and oxygen atoms in total. The summed E-state index contributed by atoms with van der Waals surface area (Å²) in [5, 5.41) is 27.0. The number of amides is 4. The molecule has 5 aromatic carbocycles. The van der Waals surface area contributed by atoms with E-state index >= 15 is 0 Å². The first-order valence-electron chi connectivity index (χ1n) is 20.6. The summed E-state index contributed by atoms with van der Waals surface area (Å²) in [5.41, 5.74) is 3.31. The third-order valence-electron chi connectivity index (χ3n) is 9.54. The first kappa shape index (κ1) is 52.5. The van der Waals surface area contributed by atoms with Gasteiger partial charge in [0.25, 0.3) is 23.6 Å². The summed E-state index contributed by atoms with van der Waals surface area (Å²) in [6.45, 7) is 6.88. The van der Waals surface area contributed by atoms with Gasteiger partial charge in [-0.05, 0) is 124 Å². The number of benzene rings is 5. The zero-order chi connectivity index (χ0) is 49.5. The Morgan fingerprint density at radius 2 is 0.912 bits per heavy atom. The normalized spacial score (nSPS) is 12.0. The third-order valence-corrected chi connectivity index (χ3v) is 11.0. The number of halogens is 5. The average molecular weight is 1030 g/mol. The van der Waals surface area contributed by atoms with Crippen molar-refractivity contribution < 1.29 is 38.2 Å². The second-order valence-electron chi connectivity index (χ2n) is 14.5. The van der Waals surface area contributed by atoms with Gasteiger partial charge in [0.05, 0.1) is 35.0 Å². The summed E-state index contributed by atoms with van der Waals surface area (Å²) in [6, 6.07) is 19.6. The lowest BCUT2D eigenvalue weighted by Gasteiger charge is -2.15. The molecule has 0 saturated heterocycles. The first-order chi connectivity index (χ1) is 32.6. The number of hydrogen-bond donors (Lipinski definition) is 4. The lowest BCUT2D eigenvalue weighted by Crippen LogP contribution is -2.32. The van der Waals surface area contributed by atoms with Crippen LogP contribution in [0.25, 0.3) is 0 Å². The maximum Gasteiger partial charge on any atom is 0.258 e. The molecule has 0 aliphatic carbocycles. The molecular weight excluding hydrogens is 982 g/mol. The number of hydrogen-bond acceptors (Lipinski definition) is 12. The Morgan fingerprint density at radius 1 is 0.515 bits per heavy atom. The molecule has 0 radical (unpaired) electrons. The number of nitrogens with one attached hydrogen (secondary N) is 4. The van der Waals surface area contributed by atoms with E-state index in [4.69, 9.17) is 67.5 Å². The number of nitrogens with zero attached hydrogens (tertiary/aromatic N) is 4. The van der Waals surface area contributed by atoms with Crippen LogP contribution in [-0.2, 0) is 36.8 Å². The molecule has 0 bridgehead atoms. The van der Waals surface area contributed by atoms with Crippen LogP contribution in [0.1, 0.15) is 65.1 Å². The van der Waals surface area contributed by atoms with E-state index in [0.29, 0.717) is 52.8 Å². The summed E-state index contributed by atoms with van der Waals surface area (Å²) in [5.74, 6) is -2.70. The van der Waals surface area contributed by atoms with Crippen LogP contribution in [0, 0.1) is 0 Å². The number of carbonyl (C=O) groups excluding carboxylic acids is 6. The van der Waals surface area contributed by atoms with Gasteiger partial charge < -0.3 is 30.7 Å². The Bertz CT molecular complexity index is 2790. The molecule has 68 heavy (non-hydrogen) atoms. The van der Waals surface area contributed by atoms with E-state index in [-0.39, 0.29) is 61.6 Å². The lowest BCUT2D eigenvalue weighted by atomic mass is 10.1. The molecule has 21 heteroatoms. The zero-order valence-electron chi connectivity index (χ0n) is 36.8. The van der Waals surface area contributed by atoms with Crippen LogP contribution >= 0.6 is 58.0 Å². The van der Waals surface area contributed by atoms with E-state index in [0.717, 1.165) is 13.8 Å². The van der Waals surface area contributed by atoms with Gasteiger partial charge >= 0.3 is 0 Å². The number of azo groups is 2. The highest BCUT2D eigenvalue weighted by molar-refractivity contribution is 6.33. The van der Waals surface area contributed by atoms with E-state index in [1.807, 2.05) is 13.8 Å². The highest BCUT2D eigenvalue weighted by atomic mass is 35.5. The Labute approximate surface area is 416 Å². The fourth-order valence-corrected chi connectivity index (χ4v) is 7.13. The van der Waals surface area contributed by atoms with E-state index in [2.05, 4.69) is 41.7 Å². The molecule has 0 aromatic heterocycles. The van der Waals surface area contributed by atoms with Gasteiger partial charge in [0.15, 0.2) is 11.6 Å². The SMILES string of the molecule is CCOc1ccc(NC(=O)c2ccc(Cl)c(N=NC(C(C)=O)C(=O)Nc3ccc(NC(=O)C(N=Nc4cc(C(=O)Nc5ccc(OCC)c(CCl)c5)ccc4Cl)C(C)=O)c(CCl)c3)c2)cc1CCl. The van der Waals surface area contributed by atoms with Crippen LogP contribution in [0.3, 0.4) is 0 Å². The highest BCUT2D eigenvalue weighted by Gasteiger charge is 2.26. The topological polar surface area (TPSA) is 218 Å². The molecule has 0 fully saturated rings. The van der Waals surface area contributed by atoms with Gasteiger partial charge in [-0.2, -0.15) is 20.5 Å². The van der Waals surface area contributed by atoms with E-state index in [1.165, 1.54) is 54.6 Å². The van der Waals surface area contributed by atoms with Crippen LogP contribution in [0.4, 0.5) is 34.1 Å². The summed E-state index contributed by atoms with van der Waals surface area (Å²) in [7, 11) is 0. The van der Waals surface area contributed by atoms with E-state index < -0.39 is 47.3 Å². The Balaban J connectivity index is 1.25. The van der Waals surface area contributed by atoms with Gasteiger partial charge in [-0.15, -0.1) is 34.8 Å². The van der Waals surface area contributed by atoms with Crippen LogP contribution in [0.2, 0.25) is 10.0 Å². The predicted octanol–water partition coefficient (Wildman–Crippen LogP) is 11.9. The summed E-state index contributed by atoms with van der Waals surface area (Å²) in [4.78, 5) is 78.5. The number of Topliss-reactive ketones (excluding diaryl/α,β-unsaturated/α-hetero) is 2. The Morgan fingerprint density at radius 3 is 1.32 bits per heavy atom. The molecule has 0 heterocycles. The molecule has 5 aromatic rings. The van der Waals surface area contributed by atoms with Crippen LogP contribution in [0.5, 0.6) is 11.5 Å². The minimum Gasteiger partial charge on any atom is -0.494 e. The molecule has 4 N–H and O–H groups in total. The fraction of sp³-hybridized carbons (Fsp3) is 0.234. The monoisotopic (exact) mass is 1020 g/mol. The maximum atomic E-state index is 13.4. The number of rotatable bonds is 21. The molecule has 0 saturated carbocycles. The van der Waals surface area contributed by atoms with Crippen molar-refractivity contribution in [3.63, 3.8) is 0 Å². The predicted molar refractivity (Wildman–Crippen MR) is 264 cm³/mol. The van der Waals surface area contributed by atoms with E-state index in [9.17, 15) is 28.8 Å². The van der Waals surface area contributed by atoms with Gasteiger partial charge in [-0.3, -0.25) is 28.8 Å². The second kappa shape index (κ2) is 25.1. The number of ether oxygens (including phenoxy) is 2. The molecule has 0 spiro atoms. The minimum atomic E-state index is -1.64. The average Bonchev–Trinajstić information content (AvgIpc) is 3.31. The van der Waals surface area contributed by atoms with E-state index in [1.54, 1.807) is 36.4 Å². The molecule has 2 atom stereocenters. The van der Waals surface area contributed by atoms with Crippen molar-refractivity contribution in [2.75, 3.05) is 34.5 Å². The molecule has 0 aliphatic heterocycles. The van der Waals surface area contributed by atoms with Crippen molar-refractivity contribution >= 4 is 127 Å². The third kappa shape index (κ3) is 14.1. The molecule has 0 aliphatic rings. The smallest absolute Gasteiger partial charge is 0.258 e. The Hall–Kier alpha value is -6.43. The second-order valence-corrected chi connectivity index (χ2v) is 16.1. The van der Waals surface area contributed by atoms with Gasteiger partial charge in [-0.1, -0.05) is 23.2 Å². The van der Waals surface area contributed by atoms with Crippen LogP contribution in [-0.4, -0.2) is 60.5 Å². The Kier molecular flexibility index (Phi) is 19.4. The number of carbonyl (C=O) groups is 6. The van der Waals surface area contributed by atoms with Crippen LogP contribution in [0.15, 0.2) is 111 Å².